The van der Waals surface area contributed by atoms with Crippen LogP contribution in [-0.2, 0) is 6.42 Å². The Morgan fingerprint density at radius 1 is 1.06 bits per heavy atom. The number of aromatic nitrogens is 6. The molecule has 4 rings (SSSR count). The van der Waals surface area contributed by atoms with Gasteiger partial charge in [0.25, 0.3) is 0 Å². The highest BCUT2D eigenvalue weighted by molar-refractivity contribution is 5.56. The molecule has 0 unspecified atom stereocenters. The first-order valence-corrected chi connectivity index (χ1v) is 9.69. The van der Waals surface area contributed by atoms with Gasteiger partial charge in [0.15, 0.2) is 0 Å². The Hall–Kier alpha value is -4.26. The molecular formula is C21H20FN9. The summed E-state index contributed by atoms with van der Waals surface area (Å²) < 4.78 is 16.3. The maximum Gasteiger partial charge on any atom is 0.247 e. The number of nitriles is 1. The van der Waals surface area contributed by atoms with E-state index in [2.05, 4.69) is 32.0 Å². The number of nitrogens with two attached hydrogens (primary N) is 1. The molecule has 3 N–H and O–H groups in total. The van der Waals surface area contributed by atoms with Crippen molar-refractivity contribution in [1.82, 2.24) is 30.0 Å². The van der Waals surface area contributed by atoms with Crippen LogP contribution in [-0.4, -0.2) is 36.5 Å². The van der Waals surface area contributed by atoms with Crippen LogP contribution in [0, 0.1) is 24.1 Å². The molecule has 4 aromatic rings. The zero-order chi connectivity index (χ0) is 21.8. The van der Waals surface area contributed by atoms with E-state index in [1.807, 2.05) is 31.2 Å². The number of anilines is 2. The number of aryl methyl sites for hydroxylation is 2. The Labute approximate surface area is 177 Å². The van der Waals surface area contributed by atoms with Gasteiger partial charge in [0, 0.05) is 6.54 Å². The first-order valence-electron chi connectivity index (χ1n) is 9.69. The second-order valence-corrected chi connectivity index (χ2v) is 6.99. The zero-order valence-electron chi connectivity index (χ0n) is 16.8. The second-order valence-electron chi connectivity index (χ2n) is 6.99. The van der Waals surface area contributed by atoms with Gasteiger partial charge in [0.2, 0.25) is 5.95 Å². The Morgan fingerprint density at radius 3 is 2.45 bits per heavy atom. The maximum absolute atomic E-state index is 13.2. The smallest absolute Gasteiger partial charge is 0.247 e. The summed E-state index contributed by atoms with van der Waals surface area (Å²) in [7, 11) is 0. The highest BCUT2D eigenvalue weighted by Gasteiger charge is 2.16. The molecule has 0 aliphatic rings. The summed E-state index contributed by atoms with van der Waals surface area (Å²) in [4.78, 5) is 0. The summed E-state index contributed by atoms with van der Waals surface area (Å²) >= 11 is 0. The fourth-order valence-corrected chi connectivity index (χ4v) is 3.17. The zero-order valence-corrected chi connectivity index (χ0v) is 16.8. The third-order valence-electron chi connectivity index (χ3n) is 4.80. The molecule has 0 spiro atoms. The van der Waals surface area contributed by atoms with E-state index in [1.54, 1.807) is 16.8 Å². The van der Waals surface area contributed by atoms with Gasteiger partial charge >= 0.3 is 0 Å². The molecule has 0 saturated carbocycles. The molecule has 0 atom stereocenters. The van der Waals surface area contributed by atoms with Crippen molar-refractivity contribution < 1.29 is 4.39 Å². The molecule has 10 heteroatoms. The fraction of sp³-hybridized carbons (Fsp3) is 0.190. The molecule has 2 aromatic carbocycles. The van der Waals surface area contributed by atoms with Crippen molar-refractivity contribution in [2.24, 2.45) is 0 Å². The molecule has 0 radical (unpaired) electrons. The van der Waals surface area contributed by atoms with E-state index in [-0.39, 0.29) is 11.6 Å². The van der Waals surface area contributed by atoms with Crippen LogP contribution in [0.25, 0.3) is 11.4 Å². The minimum absolute atomic E-state index is 0.236. The largest absolute Gasteiger partial charge is 0.382 e. The lowest BCUT2D eigenvalue weighted by Gasteiger charge is -2.07. The SMILES string of the molecule is Cc1ccc(-n2nnnc2NCCCc2nn(-c3ccc(F)cc3)c(N)c2C#N)cc1. The number of tetrazole rings is 1. The maximum atomic E-state index is 13.2. The van der Waals surface area contributed by atoms with Crippen molar-refractivity contribution in [1.29, 1.82) is 5.26 Å². The molecule has 0 bridgehead atoms. The van der Waals surface area contributed by atoms with Gasteiger partial charge in [-0.15, -0.1) is 0 Å². The van der Waals surface area contributed by atoms with Gasteiger partial charge in [-0.05, 0) is 66.6 Å². The average molecular weight is 417 g/mol. The van der Waals surface area contributed by atoms with Crippen molar-refractivity contribution in [2.75, 3.05) is 17.6 Å². The first-order chi connectivity index (χ1) is 15.1. The van der Waals surface area contributed by atoms with Crippen molar-refractivity contribution in [3.8, 4) is 17.4 Å². The van der Waals surface area contributed by atoms with E-state index in [4.69, 9.17) is 5.73 Å². The number of halogens is 1. The van der Waals surface area contributed by atoms with Crippen molar-refractivity contribution >= 4 is 11.8 Å². The summed E-state index contributed by atoms with van der Waals surface area (Å²) in [5.74, 6) is 0.412. The van der Waals surface area contributed by atoms with Crippen LogP contribution in [0.2, 0.25) is 0 Å². The van der Waals surface area contributed by atoms with Gasteiger partial charge < -0.3 is 11.1 Å². The molecule has 0 aliphatic heterocycles. The Morgan fingerprint density at radius 2 is 1.74 bits per heavy atom. The Balaban J connectivity index is 1.42. The number of nitrogens with zero attached hydrogens (tertiary/aromatic N) is 7. The van der Waals surface area contributed by atoms with Crippen LogP contribution in [0.5, 0.6) is 0 Å². The highest BCUT2D eigenvalue weighted by atomic mass is 19.1. The van der Waals surface area contributed by atoms with Crippen molar-refractivity contribution in [3.63, 3.8) is 0 Å². The Bertz CT molecular complexity index is 1220. The summed E-state index contributed by atoms with van der Waals surface area (Å²) in [6.07, 6.45) is 1.20. The van der Waals surface area contributed by atoms with Gasteiger partial charge in [-0.1, -0.05) is 22.8 Å². The number of nitrogen functional groups attached to an aromatic ring is 1. The minimum atomic E-state index is -0.353. The Kier molecular flexibility index (Phi) is 5.57. The quantitative estimate of drug-likeness (QED) is 0.443. The van der Waals surface area contributed by atoms with Crippen molar-refractivity contribution in [2.45, 2.75) is 19.8 Å². The van der Waals surface area contributed by atoms with Gasteiger partial charge in [0.1, 0.15) is 23.3 Å². The van der Waals surface area contributed by atoms with E-state index in [0.29, 0.717) is 42.3 Å². The van der Waals surface area contributed by atoms with E-state index in [9.17, 15) is 9.65 Å². The summed E-state index contributed by atoms with van der Waals surface area (Å²) in [6, 6.07) is 15.8. The standard InChI is InChI=1S/C21H20FN9/c1-14-4-8-17(9-5-14)31-21(26-28-29-31)25-12-2-3-19-18(13-23)20(24)30(27-19)16-10-6-15(22)7-11-16/h4-11H,2-3,12,24H2,1H3,(H,25,26,29). The molecule has 2 aromatic heterocycles. The molecule has 0 amide bonds. The third-order valence-corrected chi connectivity index (χ3v) is 4.80. The van der Waals surface area contributed by atoms with E-state index < -0.39 is 0 Å². The van der Waals surface area contributed by atoms with Crippen LogP contribution in [0.15, 0.2) is 48.5 Å². The summed E-state index contributed by atoms with van der Waals surface area (Å²) in [5, 5.41) is 29.0. The lowest BCUT2D eigenvalue weighted by atomic mass is 10.1. The number of nitrogens with one attached hydrogen (secondary N) is 1. The highest BCUT2D eigenvalue weighted by Crippen LogP contribution is 2.22. The molecule has 2 heterocycles. The minimum Gasteiger partial charge on any atom is -0.382 e. The summed E-state index contributed by atoms with van der Waals surface area (Å²) in [5.41, 5.74) is 9.62. The topological polar surface area (TPSA) is 123 Å². The molecule has 156 valence electrons. The van der Waals surface area contributed by atoms with Gasteiger partial charge in [0.05, 0.1) is 17.1 Å². The van der Waals surface area contributed by atoms with Crippen LogP contribution in [0.4, 0.5) is 16.2 Å². The normalized spacial score (nSPS) is 10.7. The summed E-state index contributed by atoms with van der Waals surface area (Å²) in [6.45, 7) is 2.59. The van der Waals surface area contributed by atoms with Gasteiger partial charge in [-0.2, -0.15) is 15.0 Å². The molecule has 31 heavy (non-hydrogen) atoms. The van der Waals surface area contributed by atoms with Crippen LogP contribution >= 0.6 is 0 Å². The second kappa shape index (κ2) is 8.62. The number of hydrogen-bond acceptors (Lipinski definition) is 7. The molecule has 9 nitrogen and oxygen atoms in total. The van der Waals surface area contributed by atoms with Crippen LogP contribution in [0.3, 0.4) is 0 Å². The predicted octanol–water partition coefficient (Wildman–Crippen LogP) is 2.79. The van der Waals surface area contributed by atoms with Crippen molar-refractivity contribution in [3.05, 3.63) is 71.2 Å². The van der Waals surface area contributed by atoms with E-state index >= 15 is 0 Å². The lowest BCUT2D eigenvalue weighted by Crippen LogP contribution is -2.10. The monoisotopic (exact) mass is 417 g/mol. The number of rotatable bonds is 7. The van der Waals surface area contributed by atoms with E-state index in [1.165, 1.54) is 16.8 Å². The molecule has 0 fully saturated rings. The molecule has 0 saturated heterocycles. The third kappa shape index (κ3) is 4.20. The first kappa shape index (κ1) is 20.0. The van der Waals surface area contributed by atoms with Gasteiger partial charge in [-0.3, -0.25) is 0 Å². The molecule has 0 aliphatic carbocycles. The predicted molar refractivity (Wildman–Crippen MR) is 113 cm³/mol. The molecular weight excluding hydrogens is 397 g/mol. The van der Waals surface area contributed by atoms with Crippen LogP contribution in [0.1, 0.15) is 23.2 Å². The van der Waals surface area contributed by atoms with Crippen LogP contribution < -0.4 is 11.1 Å². The number of hydrogen-bond donors (Lipinski definition) is 2. The lowest BCUT2D eigenvalue weighted by molar-refractivity contribution is 0.627. The fourth-order valence-electron chi connectivity index (χ4n) is 3.17. The van der Waals surface area contributed by atoms with E-state index in [0.717, 1.165) is 11.3 Å². The van der Waals surface area contributed by atoms with Gasteiger partial charge in [-0.25, -0.2) is 9.07 Å². The average Bonchev–Trinajstić information content (AvgIpc) is 3.36. The number of benzene rings is 2.